The largest absolute Gasteiger partial charge is 0.382 e. The highest BCUT2D eigenvalue weighted by molar-refractivity contribution is 5.97. The lowest BCUT2D eigenvalue weighted by molar-refractivity contribution is 0.804. The van der Waals surface area contributed by atoms with Gasteiger partial charge in [-0.1, -0.05) is 0 Å². The first-order chi connectivity index (χ1) is 8.20. The summed E-state index contributed by atoms with van der Waals surface area (Å²) in [6.07, 6.45) is 5.24. The molecule has 5 N–H and O–H groups in total. The Hall–Kier alpha value is -2.41. The number of aryl methyl sites for hydroxylation is 1. The fourth-order valence-corrected chi connectivity index (χ4v) is 1.41. The van der Waals surface area contributed by atoms with Gasteiger partial charge in [-0.15, -0.1) is 5.10 Å². The van der Waals surface area contributed by atoms with Crippen LogP contribution in [0.1, 0.15) is 5.56 Å². The van der Waals surface area contributed by atoms with Crippen LogP contribution in [0.5, 0.6) is 0 Å². The van der Waals surface area contributed by atoms with Crippen molar-refractivity contribution in [2.75, 3.05) is 0 Å². The highest BCUT2D eigenvalue weighted by Crippen LogP contribution is 2.14. The zero-order chi connectivity index (χ0) is 12.3. The van der Waals surface area contributed by atoms with Gasteiger partial charge in [-0.25, -0.2) is 16.4 Å². The van der Waals surface area contributed by atoms with Crippen LogP contribution in [0.25, 0.3) is 11.4 Å². The molecule has 0 aliphatic rings. The number of hydrazine groups is 1. The number of pyridine rings is 1. The summed E-state index contributed by atoms with van der Waals surface area (Å²) in [5.74, 6) is 5.37. The Morgan fingerprint density at radius 2 is 2.24 bits per heavy atom. The van der Waals surface area contributed by atoms with E-state index in [1.807, 2.05) is 17.8 Å². The van der Waals surface area contributed by atoms with E-state index in [2.05, 4.69) is 20.6 Å². The third-order valence-electron chi connectivity index (χ3n) is 2.21. The van der Waals surface area contributed by atoms with Gasteiger partial charge in [0.1, 0.15) is 5.69 Å². The van der Waals surface area contributed by atoms with Gasteiger partial charge >= 0.3 is 0 Å². The van der Waals surface area contributed by atoms with E-state index in [1.54, 1.807) is 24.7 Å². The quantitative estimate of drug-likeness (QED) is 0.287. The molecule has 2 rings (SSSR count). The molecule has 88 valence electrons. The Morgan fingerprint density at radius 1 is 1.41 bits per heavy atom. The summed E-state index contributed by atoms with van der Waals surface area (Å²) >= 11 is 0. The van der Waals surface area contributed by atoms with Gasteiger partial charge in [0.15, 0.2) is 5.84 Å². The van der Waals surface area contributed by atoms with Gasteiger partial charge in [0.05, 0.1) is 12.0 Å². The van der Waals surface area contributed by atoms with Crippen molar-refractivity contribution in [2.45, 2.75) is 0 Å². The minimum absolute atomic E-state index is 0.298. The van der Waals surface area contributed by atoms with Crippen molar-refractivity contribution in [3.63, 3.8) is 0 Å². The molecule has 0 atom stereocenters. The van der Waals surface area contributed by atoms with Crippen LogP contribution in [-0.4, -0.2) is 20.4 Å². The molecular weight excluding hydrogens is 218 g/mol. The number of amidine groups is 1. The second-order valence-electron chi connectivity index (χ2n) is 3.48. The molecule has 0 fully saturated rings. The van der Waals surface area contributed by atoms with Gasteiger partial charge in [0, 0.05) is 25.0 Å². The normalized spacial score (nSPS) is 11.5. The topological polar surface area (TPSA) is 107 Å². The molecule has 0 bridgehead atoms. The summed E-state index contributed by atoms with van der Waals surface area (Å²) in [5, 5.41) is 3.70. The third kappa shape index (κ3) is 2.40. The number of hydrogen-bond donors (Lipinski definition) is 3. The number of aromatic nitrogens is 3. The molecule has 0 amide bonds. The van der Waals surface area contributed by atoms with E-state index in [9.17, 15) is 0 Å². The molecule has 0 spiro atoms. The van der Waals surface area contributed by atoms with Crippen molar-refractivity contribution in [3.8, 4) is 11.4 Å². The van der Waals surface area contributed by atoms with Crippen LogP contribution in [0.2, 0.25) is 0 Å². The number of rotatable bonds is 3. The highest BCUT2D eigenvalue weighted by Gasteiger charge is 2.05. The average molecular weight is 231 g/mol. The molecule has 0 saturated heterocycles. The van der Waals surface area contributed by atoms with Crippen LogP contribution < -0.4 is 17.1 Å². The lowest BCUT2D eigenvalue weighted by atomic mass is 10.2. The van der Waals surface area contributed by atoms with Crippen LogP contribution >= 0.6 is 0 Å². The molecule has 2 aromatic rings. The second kappa shape index (κ2) is 4.62. The predicted molar refractivity (Wildman–Crippen MR) is 64.5 cm³/mol. The second-order valence-corrected chi connectivity index (χ2v) is 3.48. The molecule has 0 aliphatic heterocycles. The Balaban J connectivity index is 2.38. The van der Waals surface area contributed by atoms with E-state index < -0.39 is 0 Å². The SMILES string of the molecule is Cn1cnc(-c2cc(/C(N)=N/NN)ccn2)c1. The van der Waals surface area contributed by atoms with E-state index >= 15 is 0 Å². The van der Waals surface area contributed by atoms with Crippen molar-refractivity contribution in [2.24, 2.45) is 23.7 Å². The summed E-state index contributed by atoms with van der Waals surface area (Å²) in [7, 11) is 1.90. The fourth-order valence-electron chi connectivity index (χ4n) is 1.41. The molecule has 7 heteroatoms. The molecule has 2 aromatic heterocycles. The lowest BCUT2D eigenvalue weighted by Gasteiger charge is -2.02. The first kappa shape index (κ1) is 11.1. The minimum Gasteiger partial charge on any atom is -0.382 e. The maximum atomic E-state index is 5.71. The van der Waals surface area contributed by atoms with Crippen LogP contribution in [0, 0.1) is 0 Å². The standard InChI is InChI=1S/C10H13N7/c1-17-5-9(14-6-17)8-4-7(2-3-13-8)10(11)15-16-12/h2-6,16H,12H2,1H3,(H2,11,15). The van der Waals surface area contributed by atoms with Gasteiger partial charge < -0.3 is 10.3 Å². The van der Waals surface area contributed by atoms with Crippen LogP contribution in [0.4, 0.5) is 0 Å². The van der Waals surface area contributed by atoms with Crippen molar-refractivity contribution in [1.29, 1.82) is 0 Å². The molecule has 2 heterocycles. The van der Waals surface area contributed by atoms with E-state index in [-0.39, 0.29) is 0 Å². The summed E-state index contributed by atoms with van der Waals surface area (Å²) in [6.45, 7) is 0. The number of nitrogens with one attached hydrogen (secondary N) is 1. The molecule has 17 heavy (non-hydrogen) atoms. The fraction of sp³-hybridized carbons (Fsp3) is 0.100. The minimum atomic E-state index is 0.298. The molecule has 0 aromatic carbocycles. The van der Waals surface area contributed by atoms with Gasteiger partial charge in [-0.2, -0.15) is 0 Å². The Labute approximate surface area is 98.1 Å². The molecule has 0 unspecified atom stereocenters. The Morgan fingerprint density at radius 3 is 2.88 bits per heavy atom. The molecule has 7 nitrogen and oxygen atoms in total. The highest BCUT2D eigenvalue weighted by atomic mass is 15.5. The van der Waals surface area contributed by atoms with Crippen molar-refractivity contribution in [3.05, 3.63) is 36.4 Å². The predicted octanol–water partition coefficient (Wildman–Crippen LogP) is -0.434. The number of imidazole rings is 1. The van der Waals surface area contributed by atoms with E-state index in [0.29, 0.717) is 5.84 Å². The summed E-state index contributed by atoms with van der Waals surface area (Å²) in [4.78, 5) is 8.44. The van der Waals surface area contributed by atoms with Gasteiger partial charge in [-0.05, 0) is 12.1 Å². The Bertz CT molecular complexity index is 543. The van der Waals surface area contributed by atoms with Crippen LogP contribution in [0.15, 0.2) is 36.0 Å². The molecule has 0 saturated carbocycles. The smallest absolute Gasteiger partial charge is 0.152 e. The molecular formula is C10H13N7. The van der Waals surface area contributed by atoms with E-state index in [1.165, 1.54) is 0 Å². The van der Waals surface area contributed by atoms with E-state index in [4.69, 9.17) is 11.6 Å². The summed E-state index contributed by atoms with van der Waals surface area (Å²) in [5.41, 5.74) is 10.1. The summed E-state index contributed by atoms with van der Waals surface area (Å²) < 4.78 is 1.85. The molecule has 0 radical (unpaired) electrons. The summed E-state index contributed by atoms with van der Waals surface area (Å²) in [6, 6.07) is 3.56. The lowest BCUT2D eigenvalue weighted by Crippen LogP contribution is -2.23. The van der Waals surface area contributed by atoms with Gasteiger partial charge in [0.2, 0.25) is 0 Å². The van der Waals surface area contributed by atoms with Gasteiger partial charge in [0.25, 0.3) is 0 Å². The van der Waals surface area contributed by atoms with Crippen LogP contribution in [-0.2, 0) is 7.05 Å². The maximum Gasteiger partial charge on any atom is 0.152 e. The number of hydrogen-bond acceptors (Lipinski definition) is 5. The average Bonchev–Trinajstić information content (AvgIpc) is 2.76. The number of nitrogens with two attached hydrogens (primary N) is 2. The zero-order valence-corrected chi connectivity index (χ0v) is 9.33. The first-order valence-electron chi connectivity index (χ1n) is 4.94. The van der Waals surface area contributed by atoms with Crippen molar-refractivity contribution in [1.82, 2.24) is 20.1 Å². The molecule has 0 aliphatic carbocycles. The first-order valence-corrected chi connectivity index (χ1v) is 4.94. The van der Waals surface area contributed by atoms with Crippen LogP contribution in [0.3, 0.4) is 0 Å². The number of nitrogens with zero attached hydrogens (tertiary/aromatic N) is 4. The van der Waals surface area contributed by atoms with Crippen molar-refractivity contribution >= 4 is 5.84 Å². The Kier molecular flexibility index (Phi) is 3.01. The monoisotopic (exact) mass is 231 g/mol. The van der Waals surface area contributed by atoms with E-state index in [0.717, 1.165) is 17.0 Å². The van der Waals surface area contributed by atoms with Gasteiger partial charge in [-0.3, -0.25) is 4.98 Å². The number of hydrazone groups is 1. The van der Waals surface area contributed by atoms with Crippen molar-refractivity contribution < 1.29 is 0 Å². The maximum absolute atomic E-state index is 5.71. The zero-order valence-electron chi connectivity index (χ0n) is 9.33. The third-order valence-corrected chi connectivity index (χ3v) is 2.21.